The lowest BCUT2D eigenvalue weighted by atomic mass is 10.0. The smallest absolute Gasteiger partial charge is 0.191 e. The number of aromatic nitrogens is 3. The largest absolute Gasteiger partial charge is 0.355 e. The summed E-state index contributed by atoms with van der Waals surface area (Å²) in [6, 6.07) is 9.41. The van der Waals surface area contributed by atoms with Crippen molar-refractivity contribution in [2.75, 3.05) is 20.1 Å². The van der Waals surface area contributed by atoms with Gasteiger partial charge < -0.3 is 15.2 Å². The molecule has 1 aliphatic heterocycles. The van der Waals surface area contributed by atoms with E-state index in [0.717, 1.165) is 44.4 Å². The second-order valence-corrected chi connectivity index (χ2v) is 7.73. The minimum absolute atomic E-state index is 0.671. The van der Waals surface area contributed by atoms with Gasteiger partial charge in [0.2, 0.25) is 0 Å². The zero-order valence-electron chi connectivity index (χ0n) is 18.1. The van der Waals surface area contributed by atoms with Gasteiger partial charge in [-0.15, -0.1) is 10.2 Å². The highest BCUT2D eigenvalue weighted by molar-refractivity contribution is 5.79. The van der Waals surface area contributed by atoms with Gasteiger partial charge in [-0.3, -0.25) is 9.89 Å². The van der Waals surface area contributed by atoms with E-state index in [-0.39, 0.29) is 0 Å². The molecule has 29 heavy (non-hydrogen) atoms. The lowest BCUT2D eigenvalue weighted by Gasteiger charge is -2.33. The molecule has 3 rings (SSSR count). The van der Waals surface area contributed by atoms with Crippen molar-refractivity contribution in [3.05, 3.63) is 47.5 Å². The van der Waals surface area contributed by atoms with Gasteiger partial charge in [0.25, 0.3) is 0 Å². The lowest BCUT2D eigenvalue weighted by Crippen LogP contribution is -2.39. The van der Waals surface area contributed by atoms with Crippen LogP contribution in [0, 0.1) is 0 Å². The Labute approximate surface area is 174 Å². The lowest BCUT2D eigenvalue weighted by molar-refractivity contribution is 0.152. The third-order valence-electron chi connectivity index (χ3n) is 5.76. The van der Waals surface area contributed by atoms with Crippen LogP contribution in [0.15, 0.2) is 35.6 Å². The molecule has 0 aliphatic carbocycles. The number of nitrogens with one attached hydrogen (secondary N) is 2. The van der Waals surface area contributed by atoms with Crippen molar-refractivity contribution in [1.29, 1.82) is 0 Å². The predicted molar refractivity (Wildman–Crippen MR) is 118 cm³/mol. The molecule has 1 unspecified atom stereocenters. The molecular weight excluding hydrogens is 362 g/mol. The molecule has 2 aromatic rings. The summed E-state index contributed by atoms with van der Waals surface area (Å²) in [7, 11) is 1.81. The zero-order valence-corrected chi connectivity index (χ0v) is 18.1. The SMILES string of the molecule is CCc1nncn1CCNC(=NC)NCc1ccccc1CN1CCCCC1C. The molecule has 1 fully saturated rings. The van der Waals surface area contributed by atoms with Crippen molar-refractivity contribution >= 4 is 5.96 Å². The van der Waals surface area contributed by atoms with Gasteiger partial charge in [0.05, 0.1) is 0 Å². The number of nitrogens with zero attached hydrogens (tertiary/aromatic N) is 5. The van der Waals surface area contributed by atoms with Gasteiger partial charge in [-0.2, -0.15) is 0 Å². The maximum absolute atomic E-state index is 4.37. The maximum atomic E-state index is 4.37. The molecule has 1 aromatic heterocycles. The molecule has 158 valence electrons. The van der Waals surface area contributed by atoms with Crippen LogP contribution in [0.1, 0.15) is 50.1 Å². The van der Waals surface area contributed by atoms with Crippen molar-refractivity contribution in [2.45, 2.75) is 65.2 Å². The summed E-state index contributed by atoms with van der Waals surface area (Å²) < 4.78 is 2.08. The van der Waals surface area contributed by atoms with E-state index in [4.69, 9.17) is 0 Å². The molecule has 2 heterocycles. The molecule has 1 saturated heterocycles. The fourth-order valence-corrected chi connectivity index (χ4v) is 3.93. The number of aliphatic imine (C=N–C) groups is 1. The molecule has 0 spiro atoms. The Morgan fingerprint density at radius 2 is 2.03 bits per heavy atom. The second kappa shape index (κ2) is 11.0. The van der Waals surface area contributed by atoms with Crippen LogP contribution in [0.2, 0.25) is 0 Å². The third kappa shape index (κ3) is 6.03. The Balaban J connectivity index is 1.51. The number of rotatable bonds is 8. The van der Waals surface area contributed by atoms with E-state index in [2.05, 4.69) is 73.4 Å². The average molecular weight is 398 g/mol. The monoisotopic (exact) mass is 397 g/mol. The van der Waals surface area contributed by atoms with Crippen LogP contribution in [0.3, 0.4) is 0 Å². The quantitative estimate of drug-likeness (QED) is 0.529. The second-order valence-electron chi connectivity index (χ2n) is 7.73. The summed E-state index contributed by atoms with van der Waals surface area (Å²) in [4.78, 5) is 6.98. The molecular formula is C22H35N7. The molecule has 1 aliphatic rings. The first-order valence-corrected chi connectivity index (χ1v) is 10.8. The average Bonchev–Trinajstić information content (AvgIpc) is 3.20. The van der Waals surface area contributed by atoms with E-state index >= 15 is 0 Å². The normalized spacial score (nSPS) is 18.0. The highest BCUT2D eigenvalue weighted by Gasteiger charge is 2.19. The summed E-state index contributed by atoms with van der Waals surface area (Å²) in [5.41, 5.74) is 2.74. The fourth-order valence-electron chi connectivity index (χ4n) is 3.93. The van der Waals surface area contributed by atoms with Crippen molar-refractivity contribution in [3.63, 3.8) is 0 Å². The van der Waals surface area contributed by atoms with Gasteiger partial charge in [0, 0.05) is 45.7 Å². The van der Waals surface area contributed by atoms with Crippen LogP contribution in [-0.2, 0) is 26.1 Å². The van der Waals surface area contributed by atoms with Gasteiger partial charge in [-0.1, -0.05) is 37.6 Å². The van der Waals surface area contributed by atoms with Crippen LogP contribution < -0.4 is 10.6 Å². The van der Waals surface area contributed by atoms with Crippen LogP contribution in [0.4, 0.5) is 0 Å². The van der Waals surface area contributed by atoms with E-state index in [1.165, 1.54) is 36.9 Å². The summed E-state index contributed by atoms with van der Waals surface area (Å²) in [5.74, 6) is 1.83. The summed E-state index contributed by atoms with van der Waals surface area (Å²) in [6.07, 6.45) is 6.66. The molecule has 0 bridgehead atoms. The standard InChI is InChI=1S/C22H35N7/c1-4-21-27-26-17-29(21)14-12-24-22(23-3)25-15-19-10-5-6-11-20(19)16-28-13-8-7-9-18(28)2/h5-6,10-11,17-18H,4,7-9,12-16H2,1-3H3,(H2,23,24,25). The number of likely N-dealkylation sites (tertiary alicyclic amines) is 1. The Morgan fingerprint density at radius 3 is 2.79 bits per heavy atom. The van der Waals surface area contributed by atoms with Gasteiger partial charge in [-0.05, 0) is 37.4 Å². The number of benzene rings is 1. The fraction of sp³-hybridized carbons (Fsp3) is 0.591. The van der Waals surface area contributed by atoms with E-state index in [1.807, 2.05) is 7.05 Å². The Morgan fingerprint density at radius 1 is 1.21 bits per heavy atom. The number of hydrogen-bond acceptors (Lipinski definition) is 4. The van der Waals surface area contributed by atoms with E-state index < -0.39 is 0 Å². The van der Waals surface area contributed by atoms with Crippen molar-refractivity contribution in [1.82, 2.24) is 30.3 Å². The van der Waals surface area contributed by atoms with Gasteiger partial charge in [-0.25, -0.2) is 0 Å². The first-order valence-electron chi connectivity index (χ1n) is 10.8. The van der Waals surface area contributed by atoms with Crippen LogP contribution in [0.5, 0.6) is 0 Å². The van der Waals surface area contributed by atoms with Crippen molar-refractivity contribution in [2.24, 2.45) is 4.99 Å². The molecule has 0 radical (unpaired) electrons. The summed E-state index contributed by atoms with van der Waals surface area (Å²) in [6.45, 7) is 9.04. The van der Waals surface area contributed by atoms with Crippen LogP contribution in [0.25, 0.3) is 0 Å². The first kappa shape index (κ1) is 21.3. The van der Waals surface area contributed by atoms with E-state index in [1.54, 1.807) is 6.33 Å². The molecule has 1 atom stereocenters. The molecule has 7 nitrogen and oxygen atoms in total. The van der Waals surface area contributed by atoms with E-state index in [9.17, 15) is 0 Å². The van der Waals surface area contributed by atoms with Crippen LogP contribution in [-0.4, -0.2) is 51.8 Å². The number of guanidine groups is 1. The van der Waals surface area contributed by atoms with Crippen molar-refractivity contribution in [3.8, 4) is 0 Å². The highest BCUT2D eigenvalue weighted by atomic mass is 15.3. The summed E-state index contributed by atoms with van der Waals surface area (Å²) in [5, 5.41) is 15.0. The molecule has 1 aromatic carbocycles. The maximum Gasteiger partial charge on any atom is 0.191 e. The summed E-state index contributed by atoms with van der Waals surface area (Å²) >= 11 is 0. The minimum Gasteiger partial charge on any atom is -0.355 e. The molecule has 2 N–H and O–H groups in total. The highest BCUT2D eigenvalue weighted by Crippen LogP contribution is 2.20. The minimum atomic E-state index is 0.671. The first-order chi connectivity index (χ1) is 14.2. The molecule has 0 amide bonds. The zero-order chi connectivity index (χ0) is 20.5. The predicted octanol–water partition coefficient (Wildman–Crippen LogP) is 2.58. The van der Waals surface area contributed by atoms with Crippen LogP contribution >= 0.6 is 0 Å². The number of aryl methyl sites for hydroxylation is 1. The Bertz CT molecular complexity index is 783. The third-order valence-corrected chi connectivity index (χ3v) is 5.76. The van der Waals surface area contributed by atoms with Gasteiger partial charge in [0.1, 0.15) is 12.2 Å². The number of piperidine rings is 1. The van der Waals surface area contributed by atoms with Gasteiger partial charge in [0.15, 0.2) is 5.96 Å². The molecule has 0 saturated carbocycles. The molecule has 7 heteroatoms. The Hall–Kier alpha value is -2.41. The number of hydrogen-bond donors (Lipinski definition) is 2. The van der Waals surface area contributed by atoms with Gasteiger partial charge >= 0.3 is 0 Å². The Kier molecular flexibility index (Phi) is 8.04. The van der Waals surface area contributed by atoms with E-state index in [0.29, 0.717) is 6.04 Å². The van der Waals surface area contributed by atoms with Crippen molar-refractivity contribution < 1.29 is 0 Å². The topological polar surface area (TPSA) is 70.4 Å².